The van der Waals surface area contributed by atoms with Gasteiger partial charge in [0.2, 0.25) is 0 Å². The number of hydrogen-bond donors (Lipinski definition) is 1. The van der Waals surface area contributed by atoms with Crippen LogP contribution >= 0.6 is 24.0 Å². The van der Waals surface area contributed by atoms with E-state index in [0.717, 1.165) is 24.2 Å². The van der Waals surface area contributed by atoms with Crippen molar-refractivity contribution in [3.05, 3.63) is 58.4 Å². The molecule has 0 amide bonds. The van der Waals surface area contributed by atoms with Crippen LogP contribution in [0.15, 0.2) is 36.4 Å². The molecule has 0 unspecified atom stereocenters. The molecule has 2 aromatic carbocycles. The molecule has 0 bridgehead atoms. The van der Waals surface area contributed by atoms with Crippen LogP contribution < -0.4 is 14.8 Å². The first-order valence-corrected chi connectivity index (χ1v) is 9.46. The number of ether oxygens (including phenoxy) is 2. The molecule has 3 nitrogen and oxygen atoms in total. The lowest BCUT2D eigenvalue weighted by molar-refractivity contribution is 0.284. The van der Waals surface area contributed by atoms with Gasteiger partial charge < -0.3 is 14.8 Å². The smallest absolute Gasteiger partial charge is 0.180 e. The number of rotatable bonds is 11. The summed E-state index contributed by atoms with van der Waals surface area (Å²) in [5, 5.41) is 3.94. The molecule has 0 aromatic heterocycles. The molecule has 0 atom stereocenters. The molecule has 0 spiro atoms. The van der Waals surface area contributed by atoms with E-state index < -0.39 is 0 Å². The van der Waals surface area contributed by atoms with Crippen LogP contribution in [0, 0.1) is 5.82 Å². The summed E-state index contributed by atoms with van der Waals surface area (Å²) in [6.45, 7) is 4.23. The predicted octanol–water partition coefficient (Wildman–Crippen LogP) is 6.16. The maximum absolute atomic E-state index is 13.0. The minimum atomic E-state index is -0.268. The van der Waals surface area contributed by atoms with Crippen LogP contribution in [0.1, 0.15) is 43.7 Å². The van der Waals surface area contributed by atoms with Crippen LogP contribution in [0.25, 0.3) is 0 Å². The molecule has 27 heavy (non-hydrogen) atoms. The van der Waals surface area contributed by atoms with E-state index in [1.807, 2.05) is 12.1 Å². The summed E-state index contributed by atoms with van der Waals surface area (Å²) in [6.07, 6.45) is 4.95. The number of methoxy groups -OCH3 is 1. The highest BCUT2D eigenvalue weighted by molar-refractivity contribution is 6.32. The summed E-state index contributed by atoms with van der Waals surface area (Å²) in [6, 6.07) is 10.0. The van der Waals surface area contributed by atoms with E-state index in [0.29, 0.717) is 23.1 Å². The Kier molecular flexibility index (Phi) is 11.2. The molecule has 0 aliphatic rings. The van der Waals surface area contributed by atoms with E-state index in [-0.39, 0.29) is 18.2 Å². The Bertz CT molecular complexity index is 681. The highest BCUT2D eigenvalue weighted by Crippen LogP contribution is 2.37. The lowest BCUT2D eigenvalue weighted by Gasteiger charge is -2.15. The maximum Gasteiger partial charge on any atom is 0.180 e. The highest BCUT2D eigenvalue weighted by Gasteiger charge is 2.12. The van der Waals surface area contributed by atoms with Gasteiger partial charge in [0.15, 0.2) is 11.5 Å². The summed E-state index contributed by atoms with van der Waals surface area (Å²) in [5.41, 5.74) is 1.92. The Morgan fingerprint density at radius 1 is 1.04 bits per heavy atom. The van der Waals surface area contributed by atoms with Crippen molar-refractivity contribution >= 4 is 24.0 Å². The Hall–Kier alpha value is -1.49. The third-order valence-electron chi connectivity index (χ3n) is 4.12. The molecule has 0 radical (unpaired) electrons. The highest BCUT2D eigenvalue weighted by atomic mass is 35.5. The van der Waals surface area contributed by atoms with Crippen molar-refractivity contribution in [2.45, 2.75) is 45.8 Å². The summed E-state index contributed by atoms with van der Waals surface area (Å²) < 4.78 is 24.2. The van der Waals surface area contributed by atoms with Crippen LogP contribution in [0.5, 0.6) is 11.5 Å². The van der Waals surface area contributed by atoms with Crippen molar-refractivity contribution in [3.8, 4) is 11.5 Å². The molecule has 1 N–H and O–H groups in total. The minimum Gasteiger partial charge on any atom is -0.493 e. The van der Waals surface area contributed by atoms with E-state index in [9.17, 15) is 4.39 Å². The van der Waals surface area contributed by atoms with Crippen molar-refractivity contribution in [3.63, 3.8) is 0 Å². The van der Waals surface area contributed by atoms with Gasteiger partial charge in [-0.15, -0.1) is 12.4 Å². The van der Waals surface area contributed by atoms with E-state index in [2.05, 4.69) is 12.2 Å². The standard InChI is InChI=1S/C21H27ClFNO2.ClH/c1-3-4-5-6-11-24-14-17-12-19(22)21(20(13-17)25-2)26-15-16-7-9-18(23)10-8-16;/h7-10,12-13,24H,3-6,11,14-15H2,1-2H3;1H. The second-order valence-corrected chi connectivity index (χ2v) is 6.67. The molecule has 0 saturated carbocycles. The van der Waals surface area contributed by atoms with E-state index in [1.165, 1.54) is 37.8 Å². The van der Waals surface area contributed by atoms with E-state index in [1.54, 1.807) is 19.2 Å². The Balaban J connectivity index is 0.00000364. The second-order valence-electron chi connectivity index (χ2n) is 6.26. The third kappa shape index (κ3) is 7.96. The van der Waals surface area contributed by atoms with Crippen molar-refractivity contribution in [1.29, 1.82) is 0 Å². The van der Waals surface area contributed by atoms with Gasteiger partial charge in [0, 0.05) is 6.54 Å². The van der Waals surface area contributed by atoms with Crippen molar-refractivity contribution in [2.24, 2.45) is 0 Å². The van der Waals surface area contributed by atoms with Crippen LogP contribution in [-0.2, 0) is 13.2 Å². The molecule has 0 heterocycles. The van der Waals surface area contributed by atoms with Crippen molar-refractivity contribution < 1.29 is 13.9 Å². The summed E-state index contributed by atoms with van der Waals surface area (Å²) in [4.78, 5) is 0. The maximum atomic E-state index is 13.0. The van der Waals surface area contributed by atoms with Gasteiger partial charge in [-0.1, -0.05) is 49.9 Å². The van der Waals surface area contributed by atoms with Gasteiger partial charge in [-0.05, 0) is 48.4 Å². The average molecular weight is 416 g/mol. The number of benzene rings is 2. The van der Waals surface area contributed by atoms with Crippen molar-refractivity contribution in [2.75, 3.05) is 13.7 Å². The Morgan fingerprint density at radius 3 is 2.44 bits per heavy atom. The fraction of sp³-hybridized carbons (Fsp3) is 0.429. The average Bonchev–Trinajstić information content (AvgIpc) is 2.64. The van der Waals surface area contributed by atoms with Crippen molar-refractivity contribution in [1.82, 2.24) is 5.32 Å². The first kappa shape index (κ1) is 23.5. The minimum absolute atomic E-state index is 0. The monoisotopic (exact) mass is 415 g/mol. The SMILES string of the molecule is CCCCCCNCc1cc(Cl)c(OCc2ccc(F)cc2)c(OC)c1.Cl. The fourth-order valence-electron chi connectivity index (χ4n) is 2.66. The second kappa shape index (κ2) is 12.8. The van der Waals surface area contributed by atoms with Crippen LogP contribution in [0.2, 0.25) is 5.02 Å². The zero-order valence-corrected chi connectivity index (χ0v) is 17.5. The lowest BCUT2D eigenvalue weighted by atomic mass is 10.1. The summed E-state index contributed by atoms with van der Waals surface area (Å²) in [5.74, 6) is 0.837. The van der Waals surface area contributed by atoms with Gasteiger partial charge >= 0.3 is 0 Å². The molecular weight excluding hydrogens is 388 g/mol. The van der Waals surface area contributed by atoms with Gasteiger partial charge in [-0.25, -0.2) is 4.39 Å². The third-order valence-corrected chi connectivity index (χ3v) is 4.40. The Labute approximate surface area is 172 Å². The molecule has 0 aliphatic heterocycles. The molecule has 0 aliphatic carbocycles. The fourth-order valence-corrected chi connectivity index (χ4v) is 2.95. The van der Waals surface area contributed by atoms with Crippen LogP contribution in [0.3, 0.4) is 0 Å². The molecule has 2 aromatic rings. The summed E-state index contributed by atoms with van der Waals surface area (Å²) in [7, 11) is 1.60. The predicted molar refractivity (Wildman–Crippen MR) is 112 cm³/mol. The van der Waals surface area contributed by atoms with Gasteiger partial charge in [-0.2, -0.15) is 0 Å². The number of unbranched alkanes of at least 4 members (excludes halogenated alkanes) is 3. The van der Waals surface area contributed by atoms with E-state index >= 15 is 0 Å². The first-order valence-electron chi connectivity index (χ1n) is 9.08. The molecule has 0 fully saturated rings. The first-order chi connectivity index (χ1) is 12.6. The number of nitrogens with one attached hydrogen (secondary N) is 1. The van der Waals surface area contributed by atoms with Gasteiger partial charge in [-0.3, -0.25) is 0 Å². The molecule has 6 heteroatoms. The molecule has 2 rings (SSSR count). The van der Waals surface area contributed by atoms with E-state index in [4.69, 9.17) is 21.1 Å². The zero-order valence-electron chi connectivity index (χ0n) is 15.9. The largest absolute Gasteiger partial charge is 0.493 e. The number of halogens is 3. The zero-order chi connectivity index (χ0) is 18.8. The Morgan fingerprint density at radius 2 is 1.78 bits per heavy atom. The van der Waals surface area contributed by atoms with Gasteiger partial charge in [0.25, 0.3) is 0 Å². The van der Waals surface area contributed by atoms with Crippen LogP contribution in [0.4, 0.5) is 4.39 Å². The van der Waals surface area contributed by atoms with Gasteiger partial charge in [0.1, 0.15) is 12.4 Å². The van der Waals surface area contributed by atoms with Crippen LogP contribution in [-0.4, -0.2) is 13.7 Å². The topological polar surface area (TPSA) is 30.5 Å². The lowest BCUT2D eigenvalue weighted by Crippen LogP contribution is -2.14. The normalized spacial score (nSPS) is 10.4. The summed E-state index contributed by atoms with van der Waals surface area (Å²) >= 11 is 6.39. The molecule has 0 saturated heterocycles. The van der Waals surface area contributed by atoms with Gasteiger partial charge in [0.05, 0.1) is 12.1 Å². The number of hydrogen-bond acceptors (Lipinski definition) is 3. The molecule has 150 valence electrons. The quantitative estimate of drug-likeness (QED) is 0.445. The molecular formula is C21H28Cl2FNO2.